The lowest BCUT2D eigenvalue weighted by atomic mass is 10.0. The molecule has 1 aliphatic heterocycles. The summed E-state index contributed by atoms with van der Waals surface area (Å²) in [4.78, 5) is 0. The zero-order valence-corrected chi connectivity index (χ0v) is 15.1. The Morgan fingerprint density at radius 2 is 2.00 bits per heavy atom. The van der Waals surface area contributed by atoms with Crippen molar-refractivity contribution in [3.8, 4) is 11.5 Å². The number of methoxy groups -OCH3 is 1. The van der Waals surface area contributed by atoms with E-state index >= 15 is 0 Å². The van der Waals surface area contributed by atoms with Gasteiger partial charge < -0.3 is 13.9 Å². The smallest absolute Gasteiger partial charge is 0.127 e. The van der Waals surface area contributed by atoms with Gasteiger partial charge in [0.05, 0.1) is 19.4 Å². The fourth-order valence-corrected chi connectivity index (χ4v) is 3.52. The van der Waals surface area contributed by atoms with E-state index in [2.05, 4.69) is 30.4 Å². The quantitative estimate of drug-likeness (QED) is 0.712. The molecule has 2 atom stereocenters. The van der Waals surface area contributed by atoms with Crippen molar-refractivity contribution in [2.75, 3.05) is 7.11 Å². The minimum Gasteiger partial charge on any atom is -0.497 e. The first-order chi connectivity index (χ1) is 12.7. The summed E-state index contributed by atoms with van der Waals surface area (Å²) in [6, 6.07) is 18.3. The molecule has 4 nitrogen and oxygen atoms in total. The highest BCUT2D eigenvalue weighted by Gasteiger charge is 2.24. The predicted molar refractivity (Wildman–Crippen MR) is 101 cm³/mol. The van der Waals surface area contributed by atoms with Crippen LogP contribution in [0.15, 0.2) is 65.3 Å². The van der Waals surface area contributed by atoms with Crippen LogP contribution in [0.1, 0.15) is 35.4 Å². The lowest BCUT2D eigenvalue weighted by Crippen LogP contribution is -2.22. The lowest BCUT2D eigenvalue weighted by Gasteiger charge is -2.19. The summed E-state index contributed by atoms with van der Waals surface area (Å²) >= 11 is 0. The SMILES string of the molecule is COc1cc(CNC(c2ccccc2)c2ccco2)c2c(c1)CC(C)O2. The summed E-state index contributed by atoms with van der Waals surface area (Å²) in [5.74, 6) is 2.74. The van der Waals surface area contributed by atoms with Crippen molar-refractivity contribution in [1.29, 1.82) is 0 Å². The lowest BCUT2D eigenvalue weighted by molar-refractivity contribution is 0.251. The second kappa shape index (κ2) is 7.26. The molecule has 0 bridgehead atoms. The van der Waals surface area contributed by atoms with Crippen LogP contribution in [0.4, 0.5) is 0 Å². The highest BCUT2D eigenvalue weighted by atomic mass is 16.5. The monoisotopic (exact) mass is 349 g/mol. The van der Waals surface area contributed by atoms with Crippen LogP contribution in [-0.2, 0) is 13.0 Å². The first kappa shape index (κ1) is 16.7. The average Bonchev–Trinajstić information content (AvgIpc) is 3.31. The average molecular weight is 349 g/mol. The number of ether oxygens (including phenoxy) is 2. The summed E-state index contributed by atoms with van der Waals surface area (Å²) in [6.45, 7) is 2.76. The third-order valence-electron chi connectivity index (χ3n) is 4.74. The Balaban J connectivity index is 1.62. The predicted octanol–water partition coefficient (Wildman–Crippen LogP) is 4.49. The van der Waals surface area contributed by atoms with Crippen LogP contribution in [0.5, 0.6) is 11.5 Å². The minimum atomic E-state index is -0.0214. The highest BCUT2D eigenvalue weighted by molar-refractivity contribution is 5.50. The first-order valence-electron chi connectivity index (χ1n) is 8.93. The number of rotatable bonds is 6. The Bertz CT molecular complexity index is 859. The Kier molecular flexibility index (Phi) is 4.67. The Morgan fingerprint density at radius 3 is 2.73 bits per heavy atom. The second-order valence-corrected chi connectivity index (χ2v) is 6.65. The minimum absolute atomic E-state index is 0.0214. The second-order valence-electron chi connectivity index (χ2n) is 6.65. The van der Waals surface area contributed by atoms with Gasteiger partial charge in [-0.15, -0.1) is 0 Å². The molecule has 1 N–H and O–H groups in total. The van der Waals surface area contributed by atoms with E-state index in [0.29, 0.717) is 6.54 Å². The summed E-state index contributed by atoms with van der Waals surface area (Å²) in [5.41, 5.74) is 3.48. The molecule has 2 heterocycles. The molecule has 3 aromatic rings. The zero-order valence-electron chi connectivity index (χ0n) is 15.1. The molecule has 1 aromatic heterocycles. The Labute approximate surface area is 153 Å². The van der Waals surface area contributed by atoms with Crippen molar-refractivity contribution in [3.63, 3.8) is 0 Å². The molecule has 1 aliphatic rings. The molecule has 2 unspecified atom stereocenters. The van der Waals surface area contributed by atoms with Gasteiger partial charge in [-0.1, -0.05) is 30.3 Å². The van der Waals surface area contributed by atoms with Crippen LogP contribution in [-0.4, -0.2) is 13.2 Å². The van der Waals surface area contributed by atoms with Gasteiger partial charge in [-0.25, -0.2) is 0 Å². The zero-order chi connectivity index (χ0) is 17.9. The van der Waals surface area contributed by atoms with Gasteiger partial charge in [0.2, 0.25) is 0 Å². The molecule has 4 heteroatoms. The molecule has 0 amide bonds. The van der Waals surface area contributed by atoms with Gasteiger partial charge >= 0.3 is 0 Å². The van der Waals surface area contributed by atoms with Gasteiger partial charge in [0.1, 0.15) is 23.4 Å². The third kappa shape index (κ3) is 3.33. The van der Waals surface area contributed by atoms with E-state index in [4.69, 9.17) is 13.9 Å². The van der Waals surface area contributed by atoms with Crippen molar-refractivity contribution < 1.29 is 13.9 Å². The molecule has 2 aromatic carbocycles. The fraction of sp³-hybridized carbons (Fsp3) is 0.273. The molecule has 0 radical (unpaired) electrons. The van der Waals surface area contributed by atoms with Gasteiger partial charge in [0.25, 0.3) is 0 Å². The summed E-state index contributed by atoms with van der Waals surface area (Å²) < 4.78 is 17.2. The van der Waals surface area contributed by atoms with E-state index < -0.39 is 0 Å². The maximum absolute atomic E-state index is 6.05. The summed E-state index contributed by atoms with van der Waals surface area (Å²) in [7, 11) is 1.70. The van der Waals surface area contributed by atoms with Crippen LogP contribution in [0.2, 0.25) is 0 Å². The van der Waals surface area contributed by atoms with Crippen molar-refractivity contribution in [3.05, 3.63) is 83.3 Å². The number of furan rings is 1. The normalized spacial score (nSPS) is 16.8. The highest BCUT2D eigenvalue weighted by Crippen LogP contribution is 2.36. The molecule has 0 aliphatic carbocycles. The third-order valence-corrected chi connectivity index (χ3v) is 4.74. The largest absolute Gasteiger partial charge is 0.497 e. The number of hydrogen-bond donors (Lipinski definition) is 1. The number of benzene rings is 2. The van der Waals surface area contributed by atoms with E-state index in [1.54, 1.807) is 13.4 Å². The van der Waals surface area contributed by atoms with E-state index in [1.807, 2.05) is 36.4 Å². The molecular weight excluding hydrogens is 326 g/mol. The molecule has 0 spiro atoms. The van der Waals surface area contributed by atoms with Crippen LogP contribution < -0.4 is 14.8 Å². The van der Waals surface area contributed by atoms with Crippen molar-refractivity contribution in [2.24, 2.45) is 0 Å². The topological polar surface area (TPSA) is 43.6 Å². The van der Waals surface area contributed by atoms with Gasteiger partial charge in [0, 0.05) is 24.1 Å². The van der Waals surface area contributed by atoms with Gasteiger partial charge in [-0.3, -0.25) is 5.32 Å². The van der Waals surface area contributed by atoms with E-state index in [-0.39, 0.29) is 12.1 Å². The fourth-order valence-electron chi connectivity index (χ4n) is 3.52. The number of fused-ring (bicyclic) bond motifs is 1. The number of nitrogens with one attached hydrogen (secondary N) is 1. The Hall–Kier alpha value is -2.72. The summed E-state index contributed by atoms with van der Waals surface area (Å²) in [6.07, 6.45) is 2.83. The van der Waals surface area contributed by atoms with Crippen LogP contribution in [0.25, 0.3) is 0 Å². The molecule has 0 saturated heterocycles. The van der Waals surface area contributed by atoms with E-state index in [0.717, 1.165) is 34.8 Å². The number of hydrogen-bond acceptors (Lipinski definition) is 4. The molecule has 0 saturated carbocycles. The van der Waals surface area contributed by atoms with E-state index in [9.17, 15) is 0 Å². The summed E-state index contributed by atoms with van der Waals surface area (Å²) in [5, 5.41) is 3.62. The first-order valence-corrected chi connectivity index (χ1v) is 8.93. The molecule has 26 heavy (non-hydrogen) atoms. The Morgan fingerprint density at radius 1 is 1.15 bits per heavy atom. The molecular formula is C22H23NO3. The molecule has 134 valence electrons. The van der Waals surface area contributed by atoms with E-state index in [1.165, 1.54) is 5.56 Å². The van der Waals surface area contributed by atoms with Gasteiger partial charge in [0.15, 0.2) is 0 Å². The maximum Gasteiger partial charge on any atom is 0.127 e. The van der Waals surface area contributed by atoms with Crippen molar-refractivity contribution in [2.45, 2.75) is 32.0 Å². The van der Waals surface area contributed by atoms with Crippen LogP contribution >= 0.6 is 0 Å². The molecule has 0 fully saturated rings. The van der Waals surface area contributed by atoms with Crippen LogP contribution in [0, 0.1) is 0 Å². The molecule has 4 rings (SSSR count). The maximum atomic E-state index is 6.05. The van der Waals surface area contributed by atoms with Crippen molar-refractivity contribution in [1.82, 2.24) is 5.32 Å². The van der Waals surface area contributed by atoms with Gasteiger partial charge in [-0.05, 0) is 36.8 Å². The van der Waals surface area contributed by atoms with Crippen molar-refractivity contribution >= 4 is 0 Å². The standard InChI is InChI=1S/C22H23NO3/c1-15-11-17-12-19(24-2)13-18(22(17)26-15)14-23-21(20-9-6-10-25-20)16-7-4-3-5-8-16/h3-10,12-13,15,21,23H,11,14H2,1-2H3. The van der Waals surface area contributed by atoms with Crippen LogP contribution in [0.3, 0.4) is 0 Å². The van der Waals surface area contributed by atoms with Gasteiger partial charge in [-0.2, -0.15) is 0 Å².